The topological polar surface area (TPSA) is 60.4 Å². The van der Waals surface area contributed by atoms with Crippen LogP contribution in [0.1, 0.15) is 30.0 Å². The Labute approximate surface area is 116 Å². The quantitative estimate of drug-likeness (QED) is 0.652. The lowest BCUT2D eigenvalue weighted by atomic mass is 10.0. The van der Waals surface area contributed by atoms with Crippen LogP contribution < -0.4 is 16.0 Å². The minimum absolute atomic E-state index is 0.214. The lowest BCUT2D eigenvalue weighted by molar-refractivity contribution is 0.302. The van der Waals surface area contributed by atoms with Gasteiger partial charge in [-0.1, -0.05) is 12.1 Å². The maximum Gasteiger partial charge on any atom is 0.198 e. The molecule has 1 aliphatic rings. The molecular formula is C14H15ClN2O2. The number of nitrogens with one attached hydrogen (secondary N) is 1. The van der Waals surface area contributed by atoms with Gasteiger partial charge in [-0.2, -0.15) is 0 Å². The highest BCUT2D eigenvalue weighted by Gasteiger charge is 2.24. The number of halogens is 1. The van der Waals surface area contributed by atoms with Crippen molar-refractivity contribution in [3.8, 4) is 5.75 Å². The van der Waals surface area contributed by atoms with E-state index < -0.39 is 0 Å². The van der Waals surface area contributed by atoms with Crippen LogP contribution in [-0.2, 0) is 0 Å². The monoisotopic (exact) mass is 278 g/mol. The minimum Gasteiger partial charge on any atom is -0.490 e. The zero-order valence-corrected chi connectivity index (χ0v) is 11.1. The average molecular weight is 279 g/mol. The summed E-state index contributed by atoms with van der Waals surface area (Å²) >= 11 is 6.00. The third kappa shape index (κ3) is 2.76. The minimum atomic E-state index is -0.214. The number of ether oxygens (including phenoxy) is 1. The Morgan fingerprint density at radius 2 is 2.21 bits per heavy atom. The molecule has 1 aromatic carbocycles. The SMILES string of the molecule is NNC(c1cccc(OC2CC2)c1)c1ccoc1Cl. The molecule has 1 saturated carbocycles. The molecular weight excluding hydrogens is 264 g/mol. The highest BCUT2D eigenvalue weighted by atomic mass is 35.5. The van der Waals surface area contributed by atoms with Gasteiger partial charge in [0.05, 0.1) is 18.4 Å². The number of hydrazine groups is 1. The Kier molecular flexibility index (Phi) is 3.46. The Morgan fingerprint density at radius 1 is 1.37 bits per heavy atom. The Hall–Kier alpha value is -1.49. The van der Waals surface area contributed by atoms with Gasteiger partial charge in [-0.25, -0.2) is 5.43 Å². The van der Waals surface area contributed by atoms with Crippen LogP contribution in [0.15, 0.2) is 41.0 Å². The molecule has 3 rings (SSSR count). The van der Waals surface area contributed by atoms with Crippen molar-refractivity contribution in [2.24, 2.45) is 5.84 Å². The maximum atomic E-state index is 6.00. The first-order valence-electron chi connectivity index (χ1n) is 6.23. The van der Waals surface area contributed by atoms with Crippen molar-refractivity contribution in [2.45, 2.75) is 25.0 Å². The van der Waals surface area contributed by atoms with Gasteiger partial charge in [-0.05, 0) is 48.2 Å². The molecule has 0 bridgehead atoms. The van der Waals surface area contributed by atoms with E-state index >= 15 is 0 Å². The first-order chi connectivity index (χ1) is 9.28. The van der Waals surface area contributed by atoms with Crippen LogP contribution >= 0.6 is 11.6 Å². The number of rotatable bonds is 5. The molecule has 1 unspecified atom stereocenters. The summed E-state index contributed by atoms with van der Waals surface area (Å²) in [7, 11) is 0. The zero-order chi connectivity index (χ0) is 13.2. The molecule has 0 spiro atoms. The molecule has 0 radical (unpaired) electrons. The van der Waals surface area contributed by atoms with Crippen LogP contribution in [0.5, 0.6) is 5.75 Å². The van der Waals surface area contributed by atoms with Gasteiger partial charge in [0.1, 0.15) is 5.75 Å². The molecule has 0 aliphatic heterocycles. The van der Waals surface area contributed by atoms with E-state index in [9.17, 15) is 0 Å². The van der Waals surface area contributed by atoms with Gasteiger partial charge in [0, 0.05) is 5.56 Å². The van der Waals surface area contributed by atoms with E-state index in [1.807, 2.05) is 24.3 Å². The number of benzene rings is 1. The highest BCUT2D eigenvalue weighted by molar-refractivity contribution is 6.29. The lowest BCUT2D eigenvalue weighted by Gasteiger charge is -2.16. The summed E-state index contributed by atoms with van der Waals surface area (Å²) in [6.45, 7) is 0. The van der Waals surface area contributed by atoms with Gasteiger partial charge in [0.25, 0.3) is 0 Å². The molecule has 0 saturated heterocycles. The Bertz CT molecular complexity index is 566. The van der Waals surface area contributed by atoms with Crippen molar-refractivity contribution in [1.29, 1.82) is 0 Å². The van der Waals surface area contributed by atoms with E-state index in [4.69, 9.17) is 26.6 Å². The highest BCUT2D eigenvalue weighted by Crippen LogP contribution is 2.32. The largest absolute Gasteiger partial charge is 0.490 e. The smallest absolute Gasteiger partial charge is 0.198 e. The van der Waals surface area contributed by atoms with Crippen molar-refractivity contribution in [3.63, 3.8) is 0 Å². The molecule has 100 valence electrons. The van der Waals surface area contributed by atoms with Gasteiger partial charge in [-0.3, -0.25) is 5.84 Å². The molecule has 3 N–H and O–H groups in total. The normalized spacial score (nSPS) is 16.3. The average Bonchev–Trinajstić information content (AvgIpc) is 3.13. The third-order valence-corrected chi connectivity index (χ3v) is 3.45. The predicted octanol–water partition coefficient (Wildman–Crippen LogP) is 3.03. The zero-order valence-electron chi connectivity index (χ0n) is 10.3. The van der Waals surface area contributed by atoms with Crippen LogP contribution in [0.3, 0.4) is 0 Å². The summed E-state index contributed by atoms with van der Waals surface area (Å²) in [6, 6.07) is 9.45. The number of nitrogens with two attached hydrogens (primary N) is 1. The van der Waals surface area contributed by atoms with Gasteiger partial charge < -0.3 is 9.15 Å². The van der Waals surface area contributed by atoms with Crippen LogP contribution in [-0.4, -0.2) is 6.10 Å². The second-order valence-electron chi connectivity index (χ2n) is 4.64. The molecule has 1 atom stereocenters. The van der Waals surface area contributed by atoms with Crippen molar-refractivity contribution in [1.82, 2.24) is 5.43 Å². The number of hydrogen-bond acceptors (Lipinski definition) is 4. The molecule has 19 heavy (non-hydrogen) atoms. The summed E-state index contributed by atoms with van der Waals surface area (Å²) in [6.07, 6.45) is 4.19. The number of hydrogen-bond donors (Lipinski definition) is 2. The van der Waals surface area contributed by atoms with Crippen LogP contribution in [0.25, 0.3) is 0 Å². The molecule has 1 aromatic heterocycles. The van der Waals surface area contributed by atoms with Crippen molar-refractivity contribution in [2.75, 3.05) is 0 Å². The van der Waals surface area contributed by atoms with Gasteiger partial charge in [-0.15, -0.1) is 0 Å². The predicted molar refractivity (Wildman–Crippen MR) is 73.0 cm³/mol. The summed E-state index contributed by atoms with van der Waals surface area (Å²) in [5.41, 5.74) is 4.56. The van der Waals surface area contributed by atoms with Crippen molar-refractivity contribution < 1.29 is 9.15 Å². The lowest BCUT2D eigenvalue weighted by Crippen LogP contribution is -2.28. The summed E-state index contributed by atoms with van der Waals surface area (Å²) < 4.78 is 10.9. The molecule has 2 aromatic rings. The molecule has 0 amide bonds. The summed E-state index contributed by atoms with van der Waals surface area (Å²) in [5, 5.41) is 0.344. The first-order valence-corrected chi connectivity index (χ1v) is 6.61. The second-order valence-corrected chi connectivity index (χ2v) is 4.98. The molecule has 1 heterocycles. The number of furan rings is 1. The summed E-state index contributed by atoms with van der Waals surface area (Å²) in [4.78, 5) is 0. The fraction of sp³-hybridized carbons (Fsp3) is 0.286. The molecule has 5 heteroatoms. The Morgan fingerprint density at radius 3 is 2.84 bits per heavy atom. The van der Waals surface area contributed by atoms with E-state index in [0.29, 0.717) is 11.3 Å². The molecule has 4 nitrogen and oxygen atoms in total. The molecule has 1 aliphatic carbocycles. The van der Waals surface area contributed by atoms with E-state index in [0.717, 1.165) is 29.7 Å². The van der Waals surface area contributed by atoms with Crippen molar-refractivity contribution >= 4 is 11.6 Å². The van der Waals surface area contributed by atoms with Crippen LogP contribution in [0.4, 0.5) is 0 Å². The fourth-order valence-corrected chi connectivity index (χ4v) is 2.25. The van der Waals surface area contributed by atoms with Gasteiger partial charge in [0.2, 0.25) is 0 Å². The van der Waals surface area contributed by atoms with Crippen LogP contribution in [0.2, 0.25) is 5.22 Å². The summed E-state index contributed by atoms with van der Waals surface area (Å²) in [5.74, 6) is 6.50. The van der Waals surface area contributed by atoms with E-state index in [1.165, 1.54) is 0 Å². The Balaban J connectivity index is 1.88. The van der Waals surface area contributed by atoms with Crippen LogP contribution in [0, 0.1) is 0 Å². The maximum absolute atomic E-state index is 6.00. The standard InChI is InChI=1S/C14H15ClN2O2/c15-14-12(6-7-18-14)13(17-16)9-2-1-3-11(8-9)19-10-4-5-10/h1-3,6-8,10,13,17H,4-5,16H2. The van der Waals surface area contributed by atoms with E-state index in [1.54, 1.807) is 12.3 Å². The van der Waals surface area contributed by atoms with E-state index in [-0.39, 0.29) is 6.04 Å². The first kappa shape index (κ1) is 12.5. The van der Waals surface area contributed by atoms with Gasteiger partial charge in [0.15, 0.2) is 5.22 Å². The third-order valence-electron chi connectivity index (χ3n) is 3.14. The van der Waals surface area contributed by atoms with Gasteiger partial charge >= 0.3 is 0 Å². The van der Waals surface area contributed by atoms with Crippen molar-refractivity contribution in [3.05, 3.63) is 52.9 Å². The van der Waals surface area contributed by atoms with E-state index in [2.05, 4.69) is 5.43 Å². The molecule has 1 fully saturated rings. The second kappa shape index (κ2) is 5.25. The fourth-order valence-electron chi connectivity index (χ4n) is 2.02.